The third-order valence-corrected chi connectivity index (χ3v) is 6.09. The van der Waals surface area contributed by atoms with Crippen molar-refractivity contribution in [3.8, 4) is 11.5 Å². The maximum atomic E-state index is 12.9. The van der Waals surface area contributed by atoms with Crippen LogP contribution in [-0.2, 0) is 6.42 Å². The lowest BCUT2D eigenvalue weighted by Crippen LogP contribution is -2.34. The summed E-state index contributed by atoms with van der Waals surface area (Å²) in [5.74, 6) is 2.67. The van der Waals surface area contributed by atoms with Crippen molar-refractivity contribution in [2.75, 3.05) is 18.7 Å². The van der Waals surface area contributed by atoms with E-state index < -0.39 is 0 Å². The van der Waals surface area contributed by atoms with E-state index in [0.29, 0.717) is 24.3 Å². The molecule has 0 radical (unpaired) electrons. The van der Waals surface area contributed by atoms with E-state index in [0.717, 1.165) is 42.9 Å². The zero-order chi connectivity index (χ0) is 23.1. The van der Waals surface area contributed by atoms with Crippen molar-refractivity contribution in [3.05, 3.63) is 53.1 Å². The first-order valence-corrected chi connectivity index (χ1v) is 11.9. The van der Waals surface area contributed by atoms with Crippen molar-refractivity contribution in [3.63, 3.8) is 0 Å². The molecule has 0 saturated carbocycles. The fourth-order valence-electron chi connectivity index (χ4n) is 4.26. The van der Waals surface area contributed by atoms with Crippen LogP contribution in [0.1, 0.15) is 82.4 Å². The zero-order valence-electron chi connectivity index (χ0n) is 20.2. The van der Waals surface area contributed by atoms with Crippen molar-refractivity contribution in [2.24, 2.45) is 5.92 Å². The van der Waals surface area contributed by atoms with Crippen molar-refractivity contribution in [1.29, 1.82) is 0 Å². The number of carbonyl (C=O) groups is 1. The van der Waals surface area contributed by atoms with Crippen LogP contribution >= 0.6 is 0 Å². The highest BCUT2D eigenvalue weighted by atomic mass is 16.7. The van der Waals surface area contributed by atoms with Crippen LogP contribution in [0.4, 0.5) is 10.5 Å². The highest BCUT2D eigenvalue weighted by Crippen LogP contribution is 2.34. The van der Waals surface area contributed by atoms with Crippen LogP contribution in [0.25, 0.3) is 0 Å². The van der Waals surface area contributed by atoms with E-state index >= 15 is 0 Å². The average Bonchev–Trinajstić information content (AvgIpc) is 3.23. The molecule has 0 saturated heterocycles. The Morgan fingerprint density at radius 2 is 1.69 bits per heavy atom. The molecule has 32 heavy (non-hydrogen) atoms. The molecule has 3 rings (SSSR count). The number of amides is 2. The molecule has 0 fully saturated rings. The Morgan fingerprint density at radius 3 is 2.34 bits per heavy atom. The quantitative estimate of drug-likeness (QED) is 0.427. The predicted octanol–water partition coefficient (Wildman–Crippen LogP) is 6.83. The maximum Gasteiger partial charge on any atom is 0.319 e. The lowest BCUT2D eigenvalue weighted by Gasteiger charge is -2.22. The molecule has 0 aromatic heterocycles. The van der Waals surface area contributed by atoms with Gasteiger partial charge in [-0.05, 0) is 59.4 Å². The van der Waals surface area contributed by atoms with E-state index in [1.54, 1.807) is 0 Å². The molecule has 0 bridgehead atoms. The summed E-state index contributed by atoms with van der Waals surface area (Å²) in [6.45, 7) is 11.8. The molecule has 2 aromatic carbocycles. The molecular formula is C27H38N2O3. The van der Waals surface area contributed by atoms with Gasteiger partial charge in [-0.2, -0.15) is 0 Å². The molecule has 1 aliphatic heterocycles. The van der Waals surface area contributed by atoms with Crippen LogP contribution in [0.3, 0.4) is 0 Å². The molecule has 2 N–H and O–H groups in total. The minimum atomic E-state index is -0.132. The number of unbranched alkanes of at least 4 members (excludes halogenated alkanes) is 1. The molecule has 0 spiro atoms. The van der Waals surface area contributed by atoms with Crippen molar-refractivity contribution >= 4 is 11.7 Å². The summed E-state index contributed by atoms with van der Waals surface area (Å²) < 4.78 is 10.9. The fraction of sp³-hybridized carbons (Fsp3) is 0.519. The van der Waals surface area contributed by atoms with E-state index in [1.165, 1.54) is 16.7 Å². The number of nitrogens with one attached hydrogen (secondary N) is 2. The normalized spacial score (nSPS) is 13.5. The van der Waals surface area contributed by atoms with Gasteiger partial charge >= 0.3 is 6.03 Å². The predicted molar refractivity (Wildman–Crippen MR) is 131 cm³/mol. The number of carbonyl (C=O) groups excluding carboxylic acids is 1. The Labute approximate surface area is 192 Å². The van der Waals surface area contributed by atoms with Crippen LogP contribution in [-0.4, -0.2) is 19.4 Å². The number of ether oxygens (including phenoxy) is 2. The maximum absolute atomic E-state index is 12.9. The van der Waals surface area contributed by atoms with Gasteiger partial charge in [0.1, 0.15) is 0 Å². The molecule has 0 aliphatic carbocycles. The average molecular weight is 439 g/mol. The van der Waals surface area contributed by atoms with E-state index in [1.807, 2.05) is 6.07 Å². The summed E-state index contributed by atoms with van der Waals surface area (Å²) in [4.78, 5) is 12.9. The fourth-order valence-corrected chi connectivity index (χ4v) is 4.26. The second-order valence-corrected chi connectivity index (χ2v) is 9.36. The minimum Gasteiger partial charge on any atom is -0.454 e. The Balaban J connectivity index is 1.65. The SMILES string of the molecule is CCCCC(CNC(=O)Nc1c(C(C)C)cccc1C(C)C)Cc1ccc2c(c1)OCO2. The second-order valence-electron chi connectivity index (χ2n) is 9.36. The lowest BCUT2D eigenvalue weighted by atomic mass is 9.92. The molecule has 1 unspecified atom stereocenters. The second kappa shape index (κ2) is 11.3. The Morgan fingerprint density at radius 1 is 1.00 bits per heavy atom. The van der Waals surface area contributed by atoms with Gasteiger partial charge in [0.2, 0.25) is 6.79 Å². The minimum absolute atomic E-state index is 0.132. The number of hydrogen-bond donors (Lipinski definition) is 2. The third kappa shape index (κ3) is 6.18. The van der Waals surface area contributed by atoms with Crippen molar-refractivity contribution < 1.29 is 14.3 Å². The summed E-state index contributed by atoms with van der Waals surface area (Å²) in [7, 11) is 0. The molecule has 5 heteroatoms. The summed E-state index contributed by atoms with van der Waals surface area (Å²) >= 11 is 0. The van der Waals surface area contributed by atoms with Gasteiger partial charge in [-0.3, -0.25) is 0 Å². The van der Waals surface area contributed by atoms with Gasteiger partial charge in [-0.1, -0.05) is 71.7 Å². The molecule has 5 nitrogen and oxygen atoms in total. The summed E-state index contributed by atoms with van der Waals surface area (Å²) in [6, 6.07) is 12.3. The zero-order valence-corrected chi connectivity index (χ0v) is 20.2. The first-order valence-electron chi connectivity index (χ1n) is 11.9. The van der Waals surface area contributed by atoms with E-state index in [9.17, 15) is 4.79 Å². The van der Waals surface area contributed by atoms with E-state index in [-0.39, 0.29) is 12.8 Å². The number of rotatable bonds is 10. The van der Waals surface area contributed by atoms with Gasteiger partial charge in [0, 0.05) is 12.2 Å². The van der Waals surface area contributed by atoms with E-state index in [4.69, 9.17) is 9.47 Å². The molecule has 1 heterocycles. The van der Waals surface area contributed by atoms with Gasteiger partial charge in [0.05, 0.1) is 0 Å². The topological polar surface area (TPSA) is 59.6 Å². The largest absolute Gasteiger partial charge is 0.454 e. The smallest absolute Gasteiger partial charge is 0.319 e. The van der Waals surface area contributed by atoms with Gasteiger partial charge < -0.3 is 20.1 Å². The highest BCUT2D eigenvalue weighted by Gasteiger charge is 2.18. The van der Waals surface area contributed by atoms with E-state index in [2.05, 4.69) is 75.6 Å². The number of hydrogen-bond acceptors (Lipinski definition) is 3. The Bertz CT molecular complexity index is 882. The standard InChI is InChI=1S/C27H38N2O3/c1-6-7-9-21(14-20-12-13-24-25(15-20)32-17-31-24)16-28-27(30)29-26-22(18(2)3)10-8-11-23(26)19(4)5/h8,10-13,15,18-19,21H,6-7,9,14,16-17H2,1-5H3,(H2,28,29,30). The van der Waals surface area contributed by atoms with Crippen LogP contribution in [0.15, 0.2) is 36.4 Å². The Hall–Kier alpha value is -2.69. The van der Waals surface area contributed by atoms with Gasteiger partial charge in [0.25, 0.3) is 0 Å². The van der Waals surface area contributed by atoms with Crippen LogP contribution < -0.4 is 20.1 Å². The first-order chi connectivity index (χ1) is 15.4. The van der Waals surface area contributed by atoms with Gasteiger partial charge in [-0.25, -0.2) is 4.79 Å². The number of para-hydroxylation sites is 1. The molecule has 1 aliphatic rings. The lowest BCUT2D eigenvalue weighted by molar-refractivity contribution is 0.174. The Kier molecular flexibility index (Phi) is 8.43. The third-order valence-electron chi connectivity index (χ3n) is 6.09. The van der Waals surface area contributed by atoms with Crippen LogP contribution in [0, 0.1) is 5.92 Å². The number of anilines is 1. The first kappa shape index (κ1) is 24.0. The molecule has 2 aromatic rings. The van der Waals surface area contributed by atoms with Crippen LogP contribution in [0.5, 0.6) is 11.5 Å². The summed E-state index contributed by atoms with van der Waals surface area (Å²) in [5, 5.41) is 6.30. The number of urea groups is 1. The molecular weight excluding hydrogens is 400 g/mol. The van der Waals surface area contributed by atoms with Crippen LogP contribution in [0.2, 0.25) is 0 Å². The monoisotopic (exact) mass is 438 g/mol. The summed E-state index contributed by atoms with van der Waals surface area (Å²) in [6.07, 6.45) is 4.26. The van der Waals surface area contributed by atoms with Gasteiger partial charge in [0.15, 0.2) is 11.5 Å². The molecule has 2 amide bonds. The number of fused-ring (bicyclic) bond motifs is 1. The van der Waals surface area contributed by atoms with Crippen molar-refractivity contribution in [2.45, 2.75) is 72.1 Å². The van der Waals surface area contributed by atoms with Crippen molar-refractivity contribution in [1.82, 2.24) is 5.32 Å². The number of benzene rings is 2. The summed E-state index contributed by atoms with van der Waals surface area (Å²) in [5.41, 5.74) is 4.52. The highest BCUT2D eigenvalue weighted by molar-refractivity contribution is 5.91. The molecule has 1 atom stereocenters. The van der Waals surface area contributed by atoms with Gasteiger partial charge in [-0.15, -0.1) is 0 Å². The molecule has 174 valence electrons.